The van der Waals surface area contributed by atoms with Gasteiger partial charge in [0.05, 0.1) is 0 Å². The zero-order valence-electron chi connectivity index (χ0n) is 11.3. The Labute approximate surface area is 115 Å². The molecule has 0 aromatic heterocycles. The third kappa shape index (κ3) is 3.30. The lowest BCUT2D eigenvalue weighted by Gasteiger charge is -2.31. The van der Waals surface area contributed by atoms with Crippen molar-refractivity contribution < 1.29 is 18.0 Å². The van der Waals surface area contributed by atoms with Gasteiger partial charge in [-0.2, -0.15) is 0 Å². The van der Waals surface area contributed by atoms with E-state index in [1.807, 2.05) is 0 Å². The number of amides is 1. The van der Waals surface area contributed by atoms with Crippen molar-refractivity contribution in [2.24, 2.45) is 0 Å². The molecular weight excluding hydrogens is 269 g/mol. The van der Waals surface area contributed by atoms with Crippen LogP contribution < -0.4 is 5.32 Å². The molecule has 1 aliphatic rings. The van der Waals surface area contributed by atoms with Gasteiger partial charge in [-0.3, -0.25) is 4.79 Å². The van der Waals surface area contributed by atoms with Gasteiger partial charge in [-0.15, -0.1) is 0 Å². The quantitative estimate of drug-likeness (QED) is 0.865. The molecule has 0 atom stereocenters. The number of likely N-dealkylation sites (tertiary alicyclic amines) is 1. The average molecular weight is 286 g/mol. The molecule has 1 saturated heterocycles. The van der Waals surface area contributed by atoms with Crippen LogP contribution in [0.5, 0.6) is 0 Å². The number of hydrogen-bond donors (Lipinski definition) is 1. The fourth-order valence-corrected chi connectivity index (χ4v) is 2.35. The van der Waals surface area contributed by atoms with Crippen molar-refractivity contribution >= 4 is 5.91 Å². The van der Waals surface area contributed by atoms with E-state index in [1.54, 1.807) is 0 Å². The highest BCUT2D eigenvalue weighted by Gasteiger charge is 2.21. The summed E-state index contributed by atoms with van der Waals surface area (Å²) in [4.78, 5) is 14.2. The summed E-state index contributed by atoms with van der Waals surface area (Å²) in [5, 5.41) is 2.73. The van der Waals surface area contributed by atoms with Gasteiger partial charge in [0.15, 0.2) is 17.5 Å². The molecule has 1 fully saturated rings. The zero-order chi connectivity index (χ0) is 14.7. The Hall–Kier alpha value is -1.56. The smallest absolute Gasteiger partial charge is 0.251 e. The third-order valence-electron chi connectivity index (χ3n) is 3.62. The highest BCUT2D eigenvalue weighted by molar-refractivity contribution is 5.94. The van der Waals surface area contributed by atoms with E-state index in [-0.39, 0.29) is 11.6 Å². The van der Waals surface area contributed by atoms with Crippen LogP contribution in [0.3, 0.4) is 0 Å². The maximum atomic E-state index is 13.1. The van der Waals surface area contributed by atoms with Crippen LogP contribution in [0, 0.1) is 17.5 Å². The summed E-state index contributed by atoms with van der Waals surface area (Å²) in [6.45, 7) is 4.80. The highest BCUT2D eigenvalue weighted by Crippen LogP contribution is 2.15. The minimum Gasteiger partial charge on any atom is -0.349 e. The molecule has 0 saturated carbocycles. The van der Waals surface area contributed by atoms with Gasteiger partial charge in [-0.1, -0.05) is 6.92 Å². The molecule has 0 radical (unpaired) electrons. The standard InChI is InChI=1S/C14H17F3N2O/c1-2-19-5-3-10(4-6-19)18-14(20)9-7-11(15)13(17)12(16)8-9/h7-8,10H,2-6H2,1H3,(H,18,20). The van der Waals surface area contributed by atoms with Crippen molar-refractivity contribution in [1.82, 2.24) is 10.2 Å². The van der Waals surface area contributed by atoms with Crippen molar-refractivity contribution in [2.45, 2.75) is 25.8 Å². The van der Waals surface area contributed by atoms with Gasteiger partial charge >= 0.3 is 0 Å². The monoisotopic (exact) mass is 286 g/mol. The van der Waals surface area contributed by atoms with Crippen molar-refractivity contribution in [3.8, 4) is 0 Å². The SMILES string of the molecule is CCN1CCC(NC(=O)c2cc(F)c(F)c(F)c2)CC1. The number of benzene rings is 1. The first-order chi connectivity index (χ1) is 9.51. The molecule has 110 valence electrons. The van der Waals surface area contributed by atoms with Gasteiger partial charge < -0.3 is 10.2 Å². The van der Waals surface area contributed by atoms with E-state index in [1.165, 1.54) is 0 Å². The summed E-state index contributed by atoms with van der Waals surface area (Å²) in [6.07, 6.45) is 1.59. The Morgan fingerprint density at radius 3 is 2.30 bits per heavy atom. The summed E-state index contributed by atoms with van der Waals surface area (Å²) in [7, 11) is 0. The van der Waals surface area contributed by atoms with Gasteiger partial charge in [0.25, 0.3) is 5.91 Å². The van der Waals surface area contributed by atoms with Crippen molar-refractivity contribution in [1.29, 1.82) is 0 Å². The van der Waals surface area contributed by atoms with Gasteiger partial charge in [-0.05, 0) is 31.5 Å². The predicted molar refractivity (Wildman–Crippen MR) is 68.9 cm³/mol. The van der Waals surface area contributed by atoms with Crippen LogP contribution in [0.25, 0.3) is 0 Å². The Morgan fingerprint density at radius 1 is 1.25 bits per heavy atom. The van der Waals surface area contributed by atoms with Crippen LogP contribution in [0.15, 0.2) is 12.1 Å². The predicted octanol–water partition coefficient (Wildman–Crippen LogP) is 2.32. The van der Waals surface area contributed by atoms with Crippen molar-refractivity contribution in [3.05, 3.63) is 35.1 Å². The Morgan fingerprint density at radius 2 is 1.80 bits per heavy atom. The summed E-state index contributed by atoms with van der Waals surface area (Å²) in [5.74, 6) is -4.83. The highest BCUT2D eigenvalue weighted by atomic mass is 19.2. The minimum absolute atomic E-state index is 0.0125. The number of piperidine rings is 1. The molecule has 1 aromatic carbocycles. The molecule has 1 heterocycles. The molecular formula is C14H17F3N2O. The molecule has 2 rings (SSSR count). The third-order valence-corrected chi connectivity index (χ3v) is 3.62. The van der Waals surface area contributed by atoms with E-state index in [4.69, 9.17) is 0 Å². The van der Waals surface area contributed by atoms with Gasteiger partial charge in [0, 0.05) is 24.7 Å². The molecule has 0 unspecified atom stereocenters. The van der Waals surface area contributed by atoms with Crippen LogP contribution >= 0.6 is 0 Å². The fourth-order valence-electron chi connectivity index (χ4n) is 2.35. The van der Waals surface area contributed by atoms with E-state index in [0.29, 0.717) is 0 Å². The fraction of sp³-hybridized carbons (Fsp3) is 0.500. The lowest BCUT2D eigenvalue weighted by Crippen LogP contribution is -2.44. The molecule has 1 aliphatic heterocycles. The zero-order valence-corrected chi connectivity index (χ0v) is 11.3. The number of halogens is 3. The number of carbonyl (C=O) groups excluding carboxylic acids is 1. The Balaban J connectivity index is 1.99. The molecule has 0 bridgehead atoms. The van der Waals surface area contributed by atoms with E-state index in [2.05, 4.69) is 17.1 Å². The van der Waals surface area contributed by atoms with Gasteiger partial charge in [-0.25, -0.2) is 13.2 Å². The molecule has 1 aromatic rings. The molecule has 20 heavy (non-hydrogen) atoms. The molecule has 1 amide bonds. The number of rotatable bonds is 3. The van der Waals surface area contributed by atoms with Crippen LogP contribution in [0.2, 0.25) is 0 Å². The second kappa shape index (κ2) is 6.26. The second-order valence-electron chi connectivity index (χ2n) is 4.94. The molecule has 0 aliphatic carbocycles. The van der Waals surface area contributed by atoms with Crippen molar-refractivity contribution in [2.75, 3.05) is 19.6 Å². The Bertz CT molecular complexity index is 476. The number of carbonyl (C=O) groups is 1. The molecule has 0 spiro atoms. The largest absolute Gasteiger partial charge is 0.349 e. The van der Waals surface area contributed by atoms with Crippen LogP contribution in [0.1, 0.15) is 30.1 Å². The van der Waals surface area contributed by atoms with Crippen LogP contribution in [0.4, 0.5) is 13.2 Å². The second-order valence-corrected chi connectivity index (χ2v) is 4.94. The first-order valence-corrected chi connectivity index (χ1v) is 6.69. The lowest BCUT2D eigenvalue weighted by molar-refractivity contribution is 0.0911. The average Bonchev–Trinajstić information content (AvgIpc) is 2.45. The maximum absolute atomic E-state index is 13.1. The topological polar surface area (TPSA) is 32.3 Å². The normalized spacial score (nSPS) is 17.2. The molecule has 6 heteroatoms. The first kappa shape index (κ1) is 14.8. The van der Waals surface area contributed by atoms with Crippen LogP contribution in [-0.2, 0) is 0 Å². The maximum Gasteiger partial charge on any atom is 0.251 e. The number of nitrogens with one attached hydrogen (secondary N) is 1. The molecule has 3 nitrogen and oxygen atoms in total. The summed E-state index contributed by atoms with van der Waals surface area (Å²) in [5.41, 5.74) is -0.195. The first-order valence-electron chi connectivity index (χ1n) is 6.69. The van der Waals surface area contributed by atoms with Gasteiger partial charge in [0.2, 0.25) is 0 Å². The van der Waals surface area contributed by atoms with E-state index in [9.17, 15) is 18.0 Å². The Kier molecular flexibility index (Phi) is 4.65. The summed E-state index contributed by atoms with van der Waals surface area (Å²) < 4.78 is 39.0. The van der Waals surface area contributed by atoms with E-state index in [0.717, 1.165) is 44.6 Å². The number of hydrogen-bond acceptors (Lipinski definition) is 2. The summed E-state index contributed by atoms with van der Waals surface area (Å²) >= 11 is 0. The summed E-state index contributed by atoms with van der Waals surface area (Å²) in [6, 6.07) is 1.42. The molecule has 1 N–H and O–H groups in total. The minimum atomic E-state index is -1.56. The van der Waals surface area contributed by atoms with Crippen LogP contribution in [-0.4, -0.2) is 36.5 Å². The van der Waals surface area contributed by atoms with Crippen molar-refractivity contribution in [3.63, 3.8) is 0 Å². The number of nitrogens with zero attached hydrogens (tertiary/aromatic N) is 1. The lowest BCUT2D eigenvalue weighted by atomic mass is 10.0. The van der Waals surface area contributed by atoms with Gasteiger partial charge in [0.1, 0.15) is 0 Å². The van der Waals surface area contributed by atoms with E-state index >= 15 is 0 Å². The van der Waals surface area contributed by atoms with E-state index < -0.39 is 23.4 Å².